The number of carboxylic acids is 1. The van der Waals surface area contributed by atoms with E-state index in [0.717, 1.165) is 0 Å². The van der Waals surface area contributed by atoms with Crippen molar-refractivity contribution < 1.29 is 19.4 Å². The van der Waals surface area contributed by atoms with Gasteiger partial charge in [-0.1, -0.05) is 11.6 Å². The monoisotopic (exact) mass is 308 g/mol. The number of carboxylic acid groups (broad SMARTS) is 1. The Balaban J connectivity index is 2.36. The molecule has 1 unspecified atom stereocenters. The molecule has 0 radical (unpaired) electrons. The second-order valence-corrected chi connectivity index (χ2v) is 4.97. The minimum Gasteiger partial charge on any atom is -0.496 e. The molecule has 110 valence electrons. The fourth-order valence-corrected chi connectivity index (χ4v) is 2.68. The van der Waals surface area contributed by atoms with Gasteiger partial charge < -0.3 is 14.7 Å². The highest BCUT2D eigenvalue weighted by Crippen LogP contribution is 2.42. The molecule has 1 aliphatic heterocycles. The third kappa shape index (κ3) is 2.65. The van der Waals surface area contributed by atoms with Gasteiger partial charge in [-0.15, -0.1) is 0 Å². The van der Waals surface area contributed by atoms with Crippen molar-refractivity contribution >= 4 is 23.5 Å². The largest absolute Gasteiger partial charge is 0.496 e. The van der Waals surface area contributed by atoms with Crippen molar-refractivity contribution in [1.29, 1.82) is 5.26 Å². The number of methoxy groups -OCH3 is 1. The zero-order valence-corrected chi connectivity index (χ0v) is 12.1. The molecule has 0 spiro atoms. The summed E-state index contributed by atoms with van der Waals surface area (Å²) in [5.41, 5.74) is 0.714. The third-order valence-corrected chi connectivity index (χ3v) is 3.68. The summed E-state index contributed by atoms with van der Waals surface area (Å²) >= 11 is 6.11. The maximum absolute atomic E-state index is 12.5. The van der Waals surface area contributed by atoms with Crippen LogP contribution in [-0.2, 0) is 4.79 Å². The number of halogens is 1. The van der Waals surface area contributed by atoms with Gasteiger partial charge in [-0.3, -0.25) is 9.59 Å². The molecule has 0 aromatic heterocycles. The van der Waals surface area contributed by atoms with Gasteiger partial charge in [-0.2, -0.15) is 5.26 Å². The van der Waals surface area contributed by atoms with Crippen LogP contribution in [0.2, 0.25) is 5.02 Å². The van der Waals surface area contributed by atoms with E-state index in [-0.39, 0.29) is 30.9 Å². The van der Waals surface area contributed by atoms with Crippen molar-refractivity contribution in [3.05, 3.63) is 28.3 Å². The molecule has 0 fully saturated rings. The normalized spacial score (nSPS) is 16.5. The number of carbonyl (C=O) groups is 2. The van der Waals surface area contributed by atoms with Crippen molar-refractivity contribution in [1.82, 2.24) is 4.90 Å². The van der Waals surface area contributed by atoms with E-state index >= 15 is 0 Å². The number of benzene rings is 1. The molecule has 0 aliphatic carbocycles. The van der Waals surface area contributed by atoms with E-state index in [9.17, 15) is 14.9 Å². The smallest absolute Gasteiger partial charge is 0.303 e. The third-order valence-electron chi connectivity index (χ3n) is 3.35. The van der Waals surface area contributed by atoms with Crippen LogP contribution in [-0.4, -0.2) is 35.5 Å². The van der Waals surface area contributed by atoms with Gasteiger partial charge in [0.2, 0.25) is 0 Å². The maximum Gasteiger partial charge on any atom is 0.303 e. The number of ether oxygens (including phenoxy) is 1. The van der Waals surface area contributed by atoms with E-state index in [4.69, 9.17) is 21.4 Å². The molecule has 1 aromatic rings. The predicted octanol–water partition coefficient (Wildman–Crippen LogP) is 2.23. The van der Waals surface area contributed by atoms with Crippen molar-refractivity contribution in [2.45, 2.75) is 18.9 Å². The van der Waals surface area contributed by atoms with Crippen LogP contribution in [0.3, 0.4) is 0 Å². The van der Waals surface area contributed by atoms with E-state index in [1.54, 1.807) is 12.1 Å². The summed E-state index contributed by atoms with van der Waals surface area (Å²) in [6.07, 6.45) is 0.205. The predicted molar refractivity (Wildman–Crippen MR) is 74.3 cm³/mol. The summed E-state index contributed by atoms with van der Waals surface area (Å²) in [5, 5.41) is 18.3. The average Bonchev–Trinajstić information content (AvgIpc) is 2.73. The van der Waals surface area contributed by atoms with Crippen LogP contribution in [0.5, 0.6) is 5.75 Å². The van der Waals surface area contributed by atoms with E-state index in [1.807, 2.05) is 6.07 Å². The molecule has 1 amide bonds. The molecule has 1 aliphatic rings. The Morgan fingerprint density at radius 1 is 1.57 bits per heavy atom. The van der Waals surface area contributed by atoms with Gasteiger partial charge in [0.1, 0.15) is 11.8 Å². The van der Waals surface area contributed by atoms with E-state index in [1.165, 1.54) is 12.0 Å². The Kier molecular flexibility index (Phi) is 4.34. The molecule has 6 nitrogen and oxygen atoms in total. The Labute approximate surface area is 126 Å². The number of amides is 1. The molecule has 2 rings (SSSR count). The molecular weight excluding hydrogens is 296 g/mol. The lowest BCUT2D eigenvalue weighted by Crippen LogP contribution is -2.29. The van der Waals surface area contributed by atoms with Crippen LogP contribution in [0, 0.1) is 11.3 Å². The van der Waals surface area contributed by atoms with Gasteiger partial charge in [-0.05, 0) is 18.6 Å². The molecule has 0 saturated heterocycles. The lowest BCUT2D eigenvalue weighted by atomic mass is 10.0. The number of hydrogen-bond acceptors (Lipinski definition) is 4. The van der Waals surface area contributed by atoms with Crippen LogP contribution in [0.1, 0.15) is 34.8 Å². The molecule has 7 heteroatoms. The highest BCUT2D eigenvalue weighted by atomic mass is 35.5. The molecule has 1 heterocycles. The lowest BCUT2D eigenvalue weighted by molar-refractivity contribution is -0.137. The van der Waals surface area contributed by atoms with E-state index in [0.29, 0.717) is 16.3 Å². The van der Waals surface area contributed by atoms with E-state index in [2.05, 4.69) is 0 Å². The minimum atomic E-state index is -0.941. The summed E-state index contributed by atoms with van der Waals surface area (Å²) < 4.78 is 5.16. The zero-order chi connectivity index (χ0) is 15.6. The van der Waals surface area contributed by atoms with Gasteiger partial charge in [-0.25, -0.2) is 0 Å². The second-order valence-electron chi connectivity index (χ2n) is 4.57. The fraction of sp³-hybridized carbons (Fsp3) is 0.357. The Bertz CT molecular complexity index is 639. The average molecular weight is 309 g/mol. The standard InChI is InChI=1S/C14H13ClN2O4/c1-21-10-5-4-8(15)12-9(7-16)17(14(20)13(10)12)6-2-3-11(18)19/h4-5,9H,2-3,6H2,1H3,(H,18,19). The topological polar surface area (TPSA) is 90.6 Å². The summed E-state index contributed by atoms with van der Waals surface area (Å²) in [4.78, 5) is 24.4. The number of hydrogen-bond donors (Lipinski definition) is 1. The Morgan fingerprint density at radius 3 is 2.86 bits per heavy atom. The first kappa shape index (κ1) is 15.1. The molecule has 1 atom stereocenters. The van der Waals surface area contributed by atoms with Gasteiger partial charge in [0.15, 0.2) is 0 Å². The van der Waals surface area contributed by atoms with Crippen LogP contribution in [0.15, 0.2) is 12.1 Å². The van der Waals surface area contributed by atoms with Crippen molar-refractivity contribution in [2.75, 3.05) is 13.7 Å². The van der Waals surface area contributed by atoms with Crippen molar-refractivity contribution in [2.24, 2.45) is 0 Å². The van der Waals surface area contributed by atoms with Crippen molar-refractivity contribution in [3.63, 3.8) is 0 Å². The summed E-state index contributed by atoms with van der Waals surface area (Å²) in [5.74, 6) is -0.940. The molecule has 1 aromatic carbocycles. The van der Waals surface area contributed by atoms with Gasteiger partial charge in [0.25, 0.3) is 5.91 Å². The van der Waals surface area contributed by atoms with Crippen LogP contribution < -0.4 is 4.74 Å². The molecule has 0 bridgehead atoms. The minimum absolute atomic E-state index is 0.0663. The Morgan fingerprint density at radius 2 is 2.29 bits per heavy atom. The first-order valence-electron chi connectivity index (χ1n) is 6.30. The van der Waals surface area contributed by atoms with Gasteiger partial charge in [0, 0.05) is 23.6 Å². The SMILES string of the molecule is COc1ccc(Cl)c2c1C(=O)N(CCCC(=O)O)C2C#N. The van der Waals surface area contributed by atoms with E-state index < -0.39 is 12.0 Å². The highest BCUT2D eigenvalue weighted by molar-refractivity contribution is 6.32. The number of rotatable bonds is 5. The summed E-state index contributed by atoms with van der Waals surface area (Å²) in [6.45, 7) is 0.178. The zero-order valence-electron chi connectivity index (χ0n) is 11.3. The summed E-state index contributed by atoms with van der Waals surface area (Å²) in [7, 11) is 1.44. The number of fused-ring (bicyclic) bond motifs is 1. The van der Waals surface area contributed by atoms with Gasteiger partial charge >= 0.3 is 5.97 Å². The van der Waals surface area contributed by atoms with Crippen LogP contribution in [0.25, 0.3) is 0 Å². The lowest BCUT2D eigenvalue weighted by Gasteiger charge is -2.19. The molecule has 21 heavy (non-hydrogen) atoms. The number of nitriles is 1. The number of nitrogens with zero attached hydrogens (tertiary/aromatic N) is 2. The fourth-order valence-electron chi connectivity index (χ4n) is 2.41. The first-order valence-corrected chi connectivity index (χ1v) is 6.67. The molecule has 0 saturated carbocycles. The number of aliphatic carboxylic acids is 1. The quantitative estimate of drug-likeness (QED) is 0.900. The van der Waals surface area contributed by atoms with Crippen LogP contribution >= 0.6 is 11.6 Å². The maximum atomic E-state index is 12.5. The van der Waals surface area contributed by atoms with Crippen molar-refractivity contribution in [3.8, 4) is 11.8 Å². The molecular formula is C14H13ClN2O4. The van der Waals surface area contributed by atoms with Crippen LogP contribution in [0.4, 0.5) is 0 Å². The first-order chi connectivity index (χ1) is 10.0. The highest BCUT2D eigenvalue weighted by Gasteiger charge is 2.40. The Hall–Kier alpha value is -2.26. The summed E-state index contributed by atoms with van der Waals surface area (Å²) in [6, 6.07) is 4.39. The van der Waals surface area contributed by atoms with Gasteiger partial charge in [0.05, 0.1) is 18.7 Å². The molecule has 1 N–H and O–H groups in total. The second kappa shape index (κ2) is 6.02. The number of carbonyl (C=O) groups excluding carboxylic acids is 1.